The molecule has 0 saturated heterocycles. The molecule has 0 aromatic heterocycles. The zero-order chi connectivity index (χ0) is 16.8. The minimum Gasteiger partial charge on any atom is -0.324 e. The predicted octanol–water partition coefficient (Wildman–Crippen LogP) is 4.15. The number of amides is 1. The highest BCUT2D eigenvalue weighted by Crippen LogP contribution is 2.20. The van der Waals surface area contributed by atoms with E-state index in [4.69, 9.17) is 28.5 Å². The highest BCUT2D eigenvalue weighted by Gasteiger charge is 2.10. The summed E-state index contributed by atoms with van der Waals surface area (Å²) in [6, 6.07) is 14.2. The van der Waals surface area contributed by atoms with Crippen LogP contribution in [0.4, 0.5) is 5.69 Å². The van der Waals surface area contributed by atoms with Crippen molar-refractivity contribution in [1.82, 2.24) is 5.32 Å². The van der Waals surface area contributed by atoms with Gasteiger partial charge in [-0.1, -0.05) is 35.3 Å². The van der Waals surface area contributed by atoms with Gasteiger partial charge in [-0.05, 0) is 42.8 Å². The molecule has 4 nitrogen and oxygen atoms in total. The van der Waals surface area contributed by atoms with Gasteiger partial charge in [0.25, 0.3) is 0 Å². The molecule has 6 heteroatoms. The second kappa shape index (κ2) is 7.98. The Bertz CT molecular complexity index is 738. The van der Waals surface area contributed by atoms with Crippen LogP contribution in [-0.4, -0.2) is 12.5 Å². The molecule has 0 saturated carbocycles. The Balaban J connectivity index is 1.94. The molecule has 0 aliphatic carbocycles. The second-order valence-electron chi connectivity index (χ2n) is 5.00. The van der Waals surface area contributed by atoms with Gasteiger partial charge < -0.3 is 10.6 Å². The zero-order valence-electron chi connectivity index (χ0n) is 12.4. The summed E-state index contributed by atoms with van der Waals surface area (Å²) in [6.07, 6.45) is 0. The summed E-state index contributed by atoms with van der Waals surface area (Å²) in [4.78, 5) is 12.0. The molecular weight excluding hydrogens is 333 g/mol. The van der Waals surface area contributed by atoms with Crippen LogP contribution in [0.15, 0.2) is 42.5 Å². The van der Waals surface area contributed by atoms with Crippen molar-refractivity contribution in [2.75, 3.05) is 11.9 Å². The Morgan fingerprint density at radius 3 is 2.48 bits per heavy atom. The fourth-order valence-corrected chi connectivity index (χ4v) is 2.32. The van der Waals surface area contributed by atoms with Crippen LogP contribution in [0.2, 0.25) is 10.0 Å². The molecule has 2 aromatic carbocycles. The number of carbonyl (C=O) groups excluding carboxylic acids is 1. The van der Waals surface area contributed by atoms with Crippen LogP contribution in [0.25, 0.3) is 0 Å². The minimum absolute atomic E-state index is 0.00665. The molecule has 0 aliphatic heterocycles. The maximum absolute atomic E-state index is 12.0. The maximum atomic E-state index is 12.0. The van der Waals surface area contributed by atoms with Crippen molar-refractivity contribution < 1.29 is 4.79 Å². The molecule has 2 aromatic rings. The van der Waals surface area contributed by atoms with E-state index in [1.54, 1.807) is 30.3 Å². The lowest BCUT2D eigenvalue weighted by Crippen LogP contribution is -2.30. The highest BCUT2D eigenvalue weighted by molar-refractivity contribution is 6.31. The third kappa shape index (κ3) is 4.97. The largest absolute Gasteiger partial charge is 0.324 e. The van der Waals surface area contributed by atoms with Gasteiger partial charge in [0.2, 0.25) is 5.91 Å². The topological polar surface area (TPSA) is 64.9 Å². The maximum Gasteiger partial charge on any atom is 0.238 e. The zero-order valence-corrected chi connectivity index (χ0v) is 13.9. The molecule has 1 atom stereocenters. The number of hydrogen-bond donors (Lipinski definition) is 2. The first-order chi connectivity index (χ1) is 11.0. The Labute approximate surface area is 145 Å². The molecule has 0 radical (unpaired) electrons. The first kappa shape index (κ1) is 17.3. The number of halogens is 2. The van der Waals surface area contributed by atoms with Gasteiger partial charge in [-0.15, -0.1) is 0 Å². The van der Waals surface area contributed by atoms with Gasteiger partial charge in [-0.25, -0.2) is 0 Å². The first-order valence-electron chi connectivity index (χ1n) is 6.98. The summed E-state index contributed by atoms with van der Waals surface area (Å²) >= 11 is 11.7. The van der Waals surface area contributed by atoms with Gasteiger partial charge in [-0.2, -0.15) is 5.26 Å². The van der Waals surface area contributed by atoms with Crippen molar-refractivity contribution in [1.29, 1.82) is 5.26 Å². The van der Waals surface area contributed by atoms with Gasteiger partial charge in [-0.3, -0.25) is 4.79 Å². The molecule has 2 N–H and O–H groups in total. The van der Waals surface area contributed by atoms with Crippen molar-refractivity contribution in [2.24, 2.45) is 0 Å². The van der Waals surface area contributed by atoms with E-state index in [9.17, 15) is 4.79 Å². The summed E-state index contributed by atoms with van der Waals surface area (Å²) in [5.41, 5.74) is 1.81. The Morgan fingerprint density at radius 2 is 1.83 bits per heavy atom. The summed E-state index contributed by atoms with van der Waals surface area (Å²) in [5, 5.41) is 16.0. The smallest absolute Gasteiger partial charge is 0.238 e. The highest BCUT2D eigenvalue weighted by atomic mass is 35.5. The van der Waals surface area contributed by atoms with E-state index in [0.29, 0.717) is 21.3 Å². The molecule has 0 unspecified atom stereocenters. The van der Waals surface area contributed by atoms with Crippen LogP contribution >= 0.6 is 23.2 Å². The summed E-state index contributed by atoms with van der Waals surface area (Å²) < 4.78 is 0. The Kier molecular flexibility index (Phi) is 6.00. The Morgan fingerprint density at radius 1 is 1.17 bits per heavy atom. The predicted molar refractivity (Wildman–Crippen MR) is 92.7 cm³/mol. The quantitative estimate of drug-likeness (QED) is 0.853. The normalized spacial score (nSPS) is 11.6. The third-order valence-corrected chi connectivity index (χ3v) is 3.80. The van der Waals surface area contributed by atoms with Gasteiger partial charge >= 0.3 is 0 Å². The molecule has 0 heterocycles. The van der Waals surface area contributed by atoms with Crippen LogP contribution in [0.5, 0.6) is 0 Å². The first-order valence-corrected chi connectivity index (χ1v) is 7.73. The molecule has 1 amide bonds. The third-order valence-electron chi connectivity index (χ3n) is 3.31. The summed E-state index contributed by atoms with van der Waals surface area (Å²) in [5.74, 6) is -0.246. The van der Waals surface area contributed by atoms with Gasteiger partial charge in [0.05, 0.1) is 17.8 Å². The lowest BCUT2D eigenvalue weighted by Gasteiger charge is -2.14. The number of rotatable bonds is 5. The molecular formula is C17H15Cl2N3O. The Hall–Kier alpha value is -2.06. The average Bonchev–Trinajstić information content (AvgIpc) is 2.53. The van der Waals surface area contributed by atoms with Crippen LogP contribution in [0.3, 0.4) is 0 Å². The molecule has 0 aliphatic rings. The van der Waals surface area contributed by atoms with Crippen LogP contribution < -0.4 is 10.6 Å². The number of hydrogen-bond acceptors (Lipinski definition) is 3. The van der Waals surface area contributed by atoms with Crippen molar-refractivity contribution in [3.8, 4) is 6.07 Å². The monoisotopic (exact) mass is 347 g/mol. The number of nitrogens with zero attached hydrogens (tertiary/aromatic N) is 1. The van der Waals surface area contributed by atoms with E-state index < -0.39 is 0 Å². The SMILES string of the molecule is C[C@@H](NCC(=O)Nc1cc(Cl)ccc1C#N)c1ccc(Cl)cc1. The van der Waals surface area contributed by atoms with E-state index >= 15 is 0 Å². The summed E-state index contributed by atoms with van der Waals surface area (Å²) in [7, 11) is 0. The number of benzene rings is 2. The molecule has 0 fully saturated rings. The number of nitrogens with one attached hydrogen (secondary N) is 2. The van der Waals surface area contributed by atoms with E-state index in [2.05, 4.69) is 10.6 Å². The van der Waals surface area contributed by atoms with Crippen LogP contribution in [0.1, 0.15) is 24.1 Å². The number of nitriles is 1. The van der Waals surface area contributed by atoms with E-state index in [1.807, 2.05) is 25.1 Å². The summed E-state index contributed by atoms with van der Waals surface area (Å²) in [6.45, 7) is 2.07. The minimum atomic E-state index is -0.246. The van der Waals surface area contributed by atoms with E-state index in [0.717, 1.165) is 5.56 Å². The number of anilines is 1. The van der Waals surface area contributed by atoms with E-state index in [1.165, 1.54) is 0 Å². The van der Waals surface area contributed by atoms with Gasteiger partial charge in [0.1, 0.15) is 6.07 Å². The fraction of sp³-hybridized carbons (Fsp3) is 0.176. The molecule has 0 spiro atoms. The van der Waals surface area contributed by atoms with Gasteiger partial charge in [0, 0.05) is 16.1 Å². The van der Waals surface area contributed by atoms with Crippen molar-refractivity contribution in [2.45, 2.75) is 13.0 Å². The lowest BCUT2D eigenvalue weighted by molar-refractivity contribution is -0.115. The van der Waals surface area contributed by atoms with Crippen molar-refractivity contribution in [3.05, 3.63) is 63.6 Å². The lowest BCUT2D eigenvalue weighted by atomic mass is 10.1. The molecule has 23 heavy (non-hydrogen) atoms. The molecule has 2 rings (SSSR count). The van der Waals surface area contributed by atoms with Crippen LogP contribution in [0, 0.1) is 11.3 Å². The van der Waals surface area contributed by atoms with E-state index in [-0.39, 0.29) is 18.5 Å². The number of carbonyl (C=O) groups is 1. The molecule has 118 valence electrons. The average molecular weight is 348 g/mol. The van der Waals surface area contributed by atoms with Crippen molar-refractivity contribution in [3.63, 3.8) is 0 Å². The second-order valence-corrected chi connectivity index (χ2v) is 5.88. The fourth-order valence-electron chi connectivity index (χ4n) is 2.03. The van der Waals surface area contributed by atoms with Crippen LogP contribution in [-0.2, 0) is 4.79 Å². The van der Waals surface area contributed by atoms with Gasteiger partial charge in [0.15, 0.2) is 0 Å². The molecule has 0 bridgehead atoms. The standard InChI is InChI=1S/C17H15Cl2N3O/c1-11(12-2-5-14(18)6-3-12)21-10-17(23)22-16-8-15(19)7-4-13(16)9-20/h2-8,11,21H,10H2,1H3,(H,22,23)/t11-/m1/s1. The van der Waals surface area contributed by atoms with Crippen molar-refractivity contribution >= 4 is 34.8 Å².